The van der Waals surface area contributed by atoms with E-state index in [1.54, 1.807) is 23.1 Å². The first-order valence-corrected chi connectivity index (χ1v) is 12.5. The number of carbonyl (C=O) groups excluding carboxylic acids is 1. The second-order valence-corrected chi connectivity index (χ2v) is 10.2. The van der Waals surface area contributed by atoms with Gasteiger partial charge in [-0.15, -0.1) is 0 Å². The fraction of sp³-hybridized carbons (Fsp3) is 0.320. The van der Waals surface area contributed by atoms with Crippen molar-refractivity contribution in [1.29, 1.82) is 0 Å². The molecule has 5 nitrogen and oxygen atoms in total. The van der Waals surface area contributed by atoms with E-state index in [1.807, 2.05) is 55.5 Å². The van der Waals surface area contributed by atoms with E-state index in [0.29, 0.717) is 30.9 Å². The Hall–Kier alpha value is -2.86. The van der Waals surface area contributed by atoms with Gasteiger partial charge in [0.05, 0.1) is 18.1 Å². The highest BCUT2D eigenvalue weighted by atomic mass is 32.2. The van der Waals surface area contributed by atoms with Gasteiger partial charge < -0.3 is 9.64 Å². The van der Waals surface area contributed by atoms with Crippen LogP contribution in [0.15, 0.2) is 66.7 Å². The number of carbonyl (C=O) groups is 1. The van der Waals surface area contributed by atoms with Gasteiger partial charge in [-0.3, -0.25) is 4.79 Å². The second-order valence-electron chi connectivity index (χ2n) is 8.00. The number of nitrogens with zero attached hydrogens (tertiary/aromatic N) is 1. The van der Waals surface area contributed by atoms with Gasteiger partial charge >= 0.3 is 0 Å². The molecule has 0 bridgehead atoms. The molecule has 0 spiro atoms. The zero-order valence-corrected chi connectivity index (χ0v) is 18.5. The van der Waals surface area contributed by atoms with Crippen molar-refractivity contribution in [2.45, 2.75) is 32.4 Å². The van der Waals surface area contributed by atoms with Gasteiger partial charge in [0, 0.05) is 18.2 Å². The van der Waals surface area contributed by atoms with Crippen LogP contribution >= 0.6 is 0 Å². The lowest BCUT2D eigenvalue weighted by atomic mass is 10.0. The third-order valence-electron chi connectivity index (χ3n) is 5.68. The van der Waals surface area contributed by atoms with E-state index in [1.165, 1.54) is 0 Å². The molecule has 3 aromatic carbocycles. The van der Waals surface area contributed by atoms with Crippen molar-refractivity contribution in [3.63, 3.8) is 0 Å². The molecule has 0 aromatic heterocycles. The van der Waals surface area contributed by atoms with E-state index in [9.17, 15) is 13.2 Å². The molecule has 0 aliphatic carbocycles. The van der Waals surface area contributed by atoms with E-state index in [-0.39, 0.29) is 23.5 Å². The first-order valence-electron chi connectivity index (χ1n) is 10.7. The van der Waals surface area contributed by atoms with Gasteiger partial charge in [-0.1, -0.05) is 55.5 Å². The number of rotatable bonds is 7. The molecule has 1 heterocycles. The van der Waals surface area contributed by atoms with Crippen molar-refractivity contribution in [3.05, 3.63) is 77.9 Å². The normalized spacial score (nSPS) is 17.5. The highest BCUT2D eigenvalue weighted by Gasteiger charge is 2.35. The number of ether oxygens (including phenoxy) is 1. The summed E-state index contributed by atoms with van der Waals surface area (Å²) in [6.45, 7) is 2.97. The molecule has 0 unspecified atom stereocenters. The second kappa shape index (κ2) is 9.10. The molecule has 31 heavy (non-hydrogen) atoms. The van der Waals surface area contributed by atoms with E-state index in [4.69, 9.17) is 4.74 Å². The van der Waals surface area contributed by atoms with Gasteiger partial charge in [-0.2, -0.15) is 0 Å². The number of benzene rings is 3. The van der Waals surface area contributed by atoms with Crippen LogP contribution in [0.2, 0.25) is 0 Å². The minimum Gasteiger partial charge on any atom is -0.494 e. The van der Waals surface area contributed by atoms with Crippen LogP contribution in [0.1, 0.15) is 35.7 Å². The van der Waals surface area contributed by atoms with Gasteiger partial charge in [-0.05, 0) is 47.4 Å². The van der Waals surface area contributed by atoms with Crippen molar-refractivity contribution < 1.29 is 17.9 Å². The fourth-order valence-corrected chi connectivity index (χ4v) is 5.84. The maximum absolute atomic E-state index is 13.6. The summed E-state index contributed by atoms with van der Waals surface area (Å²) in [4.78, 5) is 15.3. The third kappa shape index (κ3) is 4.90. The molecule has 4 rings (SSSR count). The van der Waals surface area contributed by atoms with Gasteiger partial charge in [0.2, 0.25) is 0 Å². The molecule has 0 N–H and O–H groups in total. The van der Waals surface area contributed by atoms with Gasteiger partial charge in [0.1, 0.15) is 5.75 Å². The Bertz CT molecular complexity index is 1180. The van der Waals surface area contributed by atoms with Crippen molar-refractivity contribution >= 4 is 26.5 Å². The Morgan fingerprint density at radius 3 is 2.61 bits per heavy atom. The summed E-state index contributed by atoms with van der Waals surface area (Å²) < 4.78 is 30.1. The molecule has 6 heteroatoms. The monoisotopic (exact) mass is 437 g/mol. The van der Waals surface area contributed by atoms with Crippen molar-refractivity contribution in [1.82, 2.24) is 4.90 Å². The van der Waals surface area contributed by atoms with E-state index in [2.05, 4.69) is 0 Å². The topological polar surface area (TPSA) is 63.7 Å². The predicted molar refractivity (Wildman–Crippen MR) is 123 cm³/mol. The largest absolute Gasteiger partial charge is 0.494 e. The summed E-state index contributed by atoms with van der Waals surface area (Å²) in [5.74, 6) is 0.612. The number of hydrogen-bond donors (Lipinski definition) is 0. The van der Waals surface area contributed by atoms with E-state index >= 15 is 0 Å². The van der Waals surface area contributed by atoms with Gasteiger partial charge in [-0.25, -0.2) is 8.42 Å². The first-order chi connectivity index (χ1) is 15.0. The quantitative estimate of drug-likeness (QED) is 0.548. The summed E-state index contributed by atoms with van der Waals surface area (Å²) in [5, 5.41) is 2.17. The molecule has 1 amide bonds. The van der Waals surface area contributed by atoms with Crippen molar-refractivity contribution in [2.75, 3.05) is 18.1 Å². The van der Waals surface area contributed by atoms with Crippen LogP contribution < -0.4 is 4.74 Å². The Morgan fingerprint density at radius 1 is 1.06 bits per heavy atom. The SMILES string of the molecule is CCCOc1cccc(C(=O)N(Cc2cccc3ccccc23)[C@H]2CCS(=O)(=O)C2)c1. The summed E-state index contributed by atoms with van der Waals surface area (Å²) in [5.41, 5.74) is 1.52. The lowest BCUT2D eigenvalue weighted by Crippen LogP contribution is -2.40. The Labute approximate surface area is 183 Å². The molecule has 1 atom stereocenters. The lowest BCUT2D eigenvalue weighted by Gasteiger charge is -2.29. The molecule has 1 aliphatic heterocycles. The highest BCUT2D eigenvalue weighted by molar-refractivity contribution is 7.91. The number of sulfone groups is 1. The van der Waals surface area contributed by atoms with Crippen LogP contribution in [-0.2, 0) is 16.4 Å². The summed E-state index contributed by atoms with van der Waals surface area (Å²) >= 11 is 0. The van der Waals surface area contributed by atoms with Gasteiger partial charge in [0.25, 0.3) is 5.91 Å². The number of hydrogen-bond acceptors (Lipinski definition) is 4. The molecule has 0 saturated carbocycles. The van der Waals surface area contributed by atoms with Crippen LogP contribution in [0.5, 0.6) is 5.75 Å². The van der Waals surface area contributed by atoms with Crippen molar-refractivity contribution in [3.8, 4) is 5.75 Å². The number of amides is 1. The van der Waals surface area contributed by atoms with Crippen molar-refractivity contribution in [2.24, 2.45) is 0 Å². The molecular weight excluding hydrogens is 410 g/mol. The third-order valence-corrected chi connectivity index (χ3v) is 7.43. The summed E-state index contributed by atoms with van der Waals surface area (Å²) in [7, 11) is -3.13. The molecule has 3 aromatic rings. The maximum atomic E-state index is 13.6. The average molecular weight is 438 g/mol. The first kappa shape index (κ1) is 21.4. The van der Waals surface area contributed by atoms with Crippen LogP contribution in [0.4, 0.5) is 0 Å². The zero-order valence-electron chi connectivity index (χ0n) is 17.7. The van der Waals surface area contributed by atoms with Crippen LogP contribution in [0.25, 0.3) is 10.8 Å². The van der Waals surface area contributed by atoms with Gasteiger partial charge in [0.15, 0.2) is 9.84 Å². The van der Waals surface area contributed by atoms with Crippen LogP contribution in [0, 0.1) is 0 Å². The minimum absolute atomic E-state index is 0.00946. The molecule has 1 aliphatic rings. The standard InChI is InChI=1S/C25H27NO4S/c1-2-14-30-23-11-6-9-20(16-23)25(27)26(22-13-15-31(28,29)18-22)17-21-10-5-8-19-7-3-4-12-24(19)21/h3-12,16,22H,2,13-15,17-18H2,1H3/t22-/m0/s1. The maximum Gasteiger partial charge on any atom is 0.254 e. The Morgan fingerprint density at radius 2 is 1.84 bits per heavy atom. The van der Waals surface area contributed by atoms with E-state index in [0.717, 1.165) is 22.8 Å². The lowest BCUT2D eigenvalue weighted by molar-refractivity contribution is 0.0681. The minimum atomic E-state index is -3.13. The molecule has 0 radical (unpaired) electrons. The zero-order chi connectivity index (χ0) is 21.8. The Balaban J connectivity index is 1.69. The Kier molecular flexibility index (Phi) is 6.28. The van der Waals surface area contributed by atoms with E-state index < -0.39 is 9.84 Å². The van der Waals surface area contributed by atoms with Crippen LogP contribution in [-0.4, -0.2) is 43.4 Å². The molecule has 162 valence electrons. The molecular formula is C25H27NO4S. The highest BCUT2D eigenvalue weighted by Crippen LogP contribution is 2.26. The fourth-order valence-electron chi connectivity index (χ4n) is 4.11. The van der Waals surface area contributed by atoms with Crippen LogP contribution in [0.3, 0.4) is 0 Å². The average Bonchev–Trinajstić information content (AvgIpc) is 3.15. The number of fused-ring (bicyclic) bond motifs is 1. The molecule has 1 saturated heterocycles. The molecule has 1 fully saturated rings. The predicted octanol–water partition coefficient (Wildman–Crippen LogP) is 4.46. The smallest absolute Gasteiger partial charge is 0.254 e. The summed E-state index contributed by atoms with van der Waals surface area (Å²) in [6.07, 6.45) is 1.34. The summed E-state index contributed by atoms with van der Waals surface area (Å²) in [6, 6.07) is 20.9.